The Kier molecular flexibility index (Phi) is 4.25. The van der Waals surface area contributed by atoms with E-state index in [2.05, 4.69) is 53.9 Å². The molecule has 1 unspecified atom stereocenters. The number of ketones is 1. The molecule has 0 amide bonds. The summed E-state index contributed by atoms with van der Waals surface area (Å²) in [5.74, 6) is 0.669. The molecule has 1 saturated carbocycles. The quantitative estimate of drug-likeness (QED) is 0.668. The Hall–Kier alpha value is 0.330. The van der Waals surface area contributed by atoms with Crippen LogP contribution >= 0.6 is 47.8 Å². The Bertz CT molecular complexity index is 413. The zero-order valence-corrected chi connectivity index (χ0v) is 13.3. The lowest BCUT2D eigenvalue weighted by Crippen LogP contribution is -2.18. The molecule has 86 valence electrons. The van der Waals surface area contributed by atoms with Crippen LogP contribution in [0.4, 0.5) is 0 Å². The number of halogens is 3. The number of rotatable bonds is 4. The summed E-state index contributed by atoms with van der Waals surface area (Å²) in [6.45, 7) is 0. The second kappa shape index (κ2) is 5.32. The molecule has 4 heteroatoms. The molecule has 0 bridgehead atoms. The predicted octanol–water partition coefficient (Wildman–Crippen LogP) is 4.50. The largest absolute Gasteiger partial charge is 0.298 e. The summed E-state index contributed by atoms with van der Waals surface area (Å²) >= 11 is 10.4. The maximum atomic E-state index is 11.8. The molecule has 0 heterocycles. The number of alkyl halides is 1. The molecular formula is C12H11Br3O. The van der Waals surface area contributed by atoms with Crippen molar-refractivity contribution in [2.75, 3.05) is 0 Å². The summed E-state index contributed by atoms with van der Waals surface area (Å²) in [6.07, 6.45) is 2.89. The summed E-state index contributed by atoms with van der Waals surface area (Å²) in [6, 6.07) is 6.04. The first-order chi connectivity index (χ1) is 7.58. The van der Waals surface area contributed by atoms with Crippen molar-refractivity contribution in [3.05, 3.63) is 32.7 Å². The van der Waals surface area contributed by atoms with E-state index in [0.29, 0.717) is 11.7 Å². The van der Waals surface area contributed by atoms with Gasteiger partial charge in [0.1, 0.15) is 5.78 Å². The Morgan fingerprint density at radius 1 is 1.38 bits per heavy atom. The molecule has 0 radical (unpaired) electrons. The Balaban J connectivity index is 2.07. The third-order valence-electron chi connectivity index (χ3n) is 2.70. The van der Waals surface area contributed by atoms with Gasteiger partial charge < -0.3 is 0 Å². The van der Waals surface area contributed by atoms with E-state index in [4.69, 9.17) is 0 Å². The third-order valence-corrected chi connectivity index (χ3v) is 4.74. The Morgan fingerprint density at radius 2 is 2.06 bits per heavy atom. The first kappa shape index (κ1) is 12.8. The van der Waals surface area contributed by atoms with Gasteiger partial charge in [-0.05, 0) is 43.0 Å². The molecule has 0 saturated heterocycles. The van der Waals surface area contributed by atoms with Gasteiger partial charge in [-0.2, -0.15) is 0 Å². The standard InChI is InChI=1S/C12H11Br3O/c13-9-3-4-10(14)8(5-9)6-11(15)12(16)7-1-2-7/h3-5,7,11H,1-2,6H2. The molecule has 1 aromatic carbocycles. The molecule has 0 aliphatic heterocycles. The Morgan fingerprint density at radius 3 is 2.69 bits per heavy atom. The lowest BCUT2D eigenvalue weighted by Gasteiger charge is -2.10. The molecule has 1 fully saturated rings. The molecule has 0 aromatic heterocycles. The van der Waals surface area contributed by atoms with Gasteiger partial charge in [-0.3, -0.25) is 4.79 Å². The van der Waals surface area contributed by atoms with Gasteiger partial charge in [-0.25, -0.2) is 0 Å². The second-order valence-electron chi connectivity index (χ2n) is 4.08. The topological polar surface area (TPSA) is 17.1 Å². The van der Waals surface area contributed by atoms with E-state index in [9.17, 15) is 4.79 Å². The first-order valence-corrected chi connectivity index (χ1v) is 7.70. The van der Waals surface area contributed by atoms with Crippen LogP contribution in [0.2, 0.25) is 0 Å². The third kappa shape index (κ3) is 3.17. The van der Waals surface area contributed by atoms with Crippen molar-refractivity contribution in [2.45, 2.75) is 24.1 Å². The average Bonchev–Trinajstić information content (AvgIpc) is 3.06. The highest BCUT2D eigenvalue weighted by Gasteiger charge is 2.33. The molecule has 2 rings (SSSR count). The van der Waals surface area contributed by atoms with Crippen molar-refractivity contribution in [3.63, 3.8) is 0 Å². The molecule has 1 nitrogen and oxygen atoms in total. The van der Waals surface area contributed by atoms with E-state index in [0.717, 1.165) is 33.8 Å². The minimum atomic E-state index is -0.0504. The number of hydrogen-bond acceptors (Lipinski definition) is 1. The highest BCUT2D eigenvalue weighted by Crippen LogP contribution is 2.34. The van der Waals surface area contributed by atoms with E-state index in [-0.39, 0.29) is 4.83 Å². The van der Waals surface area contributed by atoms with Crippen LogP contribution in [0.25, 0.3) is 0 Å². The van der Waals surface area contributed by atoms with Crippen LogP contribution in [-0.4, -0.2) is 10.6 Å². The maximum absolute atomic E-state index is 11.8. The molecular weight excluding hydrogens is 400 g/mol. The van der Waals surface area contributed by atoms with Crippen molar-refractivity contribution >= 4 is 53.6 Å². The zero-order chi connectivity index (χ0) is 11.7. The minimum Gasteiger partial charge on any atom is -0.298 e. The van der Waals surface area contributed by atoms with E-state index in [1.165, 1.54) is 0 Å². The molecule has 1 aliphatic rings. The number of carbonyl (C=O) groups is 1. The molecule has 0 spiro atoms. The van der Waals surface area contributed by atoms with Crippen LogP contribution in [0.3, 0.4) is 0 Å². The van der Waals surface area contributed by atoms with Crippen molar-refractivity contribution in [2.24, 2.45) is 5.92 Å². The van der Waals surface area contributed by atoms with Crippen molar-refractivity contribution in [3.8, 4) is 0 Å². The fourth-order valence-electron chi connectivity index (χ4n) is 1.62. The highest BCUT2D eigenvalue weighted by atomic mass is 79.9. The van der Waals surface area contributed by atoms with Gasteiger partial charge in [0.2, 0.25) is 0 Å². The zero-order valence-electron chi connectivity index (χ0n) is 8.55. The smallest absolute Gasteiger partial charge is 0.149 e. The van der Waals surface area contributed by atoms with Crippen molar-refractivity contribution in [1.82, 2.24) is 0 Å². The SMILES string of the molecule is O=C(C(Br)Cc1cc(Br)ccc1Br)C1CC1. The van der Waals surface area contributed by atoms with Gasteiger partial charge in [0.15, 0.2) is 0 Å². The van der Waals surface area contributed by atoms with Gasteiger partial charge in [0.25, 0.3) is 0 Å². The molecule has 1 aliphatic carbocycles. The van der Waals surface area contributed by atoms with Crippen molar-refractivity contribution in [1.29, 1.82) is 0 Å². The summed E-state index contributed by atoms with van der Waals surface area (Å²) in [5, 5.41) is 0. The maximum Gasteiger partial charge on any atom is 0.149 e. The van der Waals surface area contributed by atoms with Gasteiger partial charge in [-0.1, -0.05) is 47.8 Å². The highest BCUT2D eigenvalue weighted by molar-refractivity contribution is 9.11. The van der Waals surface area contributed by atoms with Gasteiger partial charge in [0, 0.05) is 14.9 Å². The van der Waals surface area contributed by atoms with E-state index >= 15 is 0 Å². The molecule has 16 heavy (non-hydrogen) atoms. The molecule has 0 N–H and O–H groups in total. The van der Waals surface area contributed by atoms with Crippen LogP contribution in [0, 0.1) is 5.92 Å². The van der Waals surface area contributed by atoms with Crippen LogP contribution in [0.5, 0.6) is 0 Å². The summed E-state index contributed by atoms with van der Waals surface area (Å²) < 4.78 is 2.10. The van der Waals surface area contributed by atoms with Gasteiger partial charge in [0.05, 0.1) is 4.83 Å². The average molecular weight is 411 g/mol. The lowest BCUT2D eigenvalue weighted by molar-refractivity contribution is -0.119. The van der Waals surface area contributed by atoms with Crippen LogP contribution in [0.1, 0.15) is 18.4 Å². The summed E-state index contributed by atoms with van der Waals surface area (Å²) in [4.78, 5) is 11.8. The lowest BCUT2D eigenvalue weighted by atomic mass is 10.1. The fraction of sp³-hybridized carbons (Fsp3) is 0.417. The number of hydrogen-bond donors (Lipinski definition) is 0. The second-order valence-corrected chi connectivity index (χ2v) is 6.96. The van der Waals surface area contributed by atoms with E-state index in [1.54, 1.807) is 0 Å². The number of Topliss-reactive ketones (excluding diaryl/α,β-unsaturated/α-hetero) is 1. The van der Waals surface area contributed by atoms with Gasteiger partial charge >= 0.3 is 0 Å². The monoisotopic (exact) mass is 408 g/mol. The molecule has 1 aromatic rings. The number of carbonyl (C=O) groups excluding carboxylic acids is 1. The van der Waals surface area contributed by atoms with Crippen LogP contribution in [0.15, 0.2) is 27.1 Å². The Labute approximate surface area is 120 Å². The predicted molar refractivity (Wildman–Crippen MR) is 76.0 cm³/mol. The van der Waals surface area contributed by atoms with Crippen molar-refractivity contribution < 1.29 is 4.79 Å². The normalized spacial score (nSPS) is 17.2. The summed E-state index contributed by atoms with van der Waals surface area (Å²) in [5.41, 5.74) is 1.16. The summed E-state index contributed by atoms with van der Waals surface area (Å²) in [7, 11) is 0. The van der Waals surface area contributed by atoms with Crippen LogP contribution in [-0.2, 0) is 11.2 Å². The first-order valence-electron chi connectivity index (χ1n) is 5.19. The van der Waals surface area contributed by atoms with E-state index < -0.39 is 0 Å². The molecule has 1 atom stereocenters. The fourth-order valence-corrected chi connectivity index (χ4v) is 3.16. The van der Waals surface area contributed by atoms with Gasteiger partial charge in [-0.15, -0.1) is 0 Å². The van der Waals surface area contributed by atoms with E-state index in [1.807, 2.05) is 12.1 Å². The minimum absolute atomic E-state index is 0.0504. The van der Waals surface area contributed by atoms with Crippen LogP contribution < -0.4 is 0 Å². The number of benzene rings is 1.